The van der Waals surface area contributed by atoms with Crippen LogP contribution in [0.15, 0.2) is 36.7 Å². The zero-order valence-corrected chi connectivity index (χ0v) is 8.40. The van der Waals surface area contributed by atoms with Crippen molar-refractivity contribution in [3.05, 3.63) is 42.3 Å². The molecule has 72 valence electrons. The maximum absolute atomic E-state index is 4.91. The van der Waals surface area contributed by atoms with Crippen molar-refractivity contribution in [3.63, 3.8) is 0 Å². The Kier molecular flexibility index (Phi) is 2.27. The number of hydrogen-bond donors (Lipinski definition) is 0. The van der Waals surface area contributed by atoms with Gasteiger partial charge in [-0.2, -0.15) is 0 Å². The first-order valence-electron chi connectivity index (χ1n) is 4.56. The fourth-order valence-corrected chi connectivity index (χ4v) is 1.65. The lowest BCUT2D eigenvalue weighted by Crippen LogP contribution is -1.81. The van der Waals surface area contributed by atoms with Gasteiger partial charge < -0.3 is 9.30 Å². The summed E-state index contributed by atoms with van der Waals surface area (Å²) in [4.78, 5) is 0. The molecule has 0 saturated carbocycles. The molecule has 0 fully saturated rings. The summed E-state index contributed by atoms with van der Waals surface area (Å²) in [6, 6.07) is 8.32. The number of methoxy groups -OCH3 is 1. The molecule has 0 aliphatic rings. The summed E-state index contributed by atoms with van der Waals surface area (Å²) >= 11 is 0. The topological polar surface area (TPSA) is 14.2 Å². The Labute approximate surface area is 83.4 Å². The Morgan fingerprint density at radius 3 is 2.86 bits per heavy atom. The summed E-state index contributed by atoms with van der Waals surface area (Å²) < 4.78 is 7.03. The van der Waals surface area contributed by atoms with Crippen LogP contribution in [0.4, 0.5) is 0 Å². The van der Waals surface area contributed by atoms with Gasteiger partial charge in [-0.1, -0.05) is 18.2 Å². The first-order valence-corrected chi connectivity index (χ1v) is 4.56. The molecule has 1 heterocycles. The van der Waals surface area contributed by atoms with Crippen LogP contribution in [0.5, 0.6) is 0 Å². The lowest BCUT2D eigenvalue weighted by molar-refractivity contribution is 0.341. The molecule has 1 aromatic heterocycles. The molecule has 2 heteroatoms. The van der Waals surface area contributed by atoms with Gasteiger partial charge in [0.2, 0.25) is 0 Å². The smallest absolute Gasteiger partial charge is 0.0831 e. The highest BCUT2D eigenvalue weighted by molar-refractivity contribution is 5.89. The monoisotopic (exact) mass is 187 g/mol. The molecule has 0 bridgehead atoms. The van der Waals surface area contributed by atoms with Crippen molar-refractivity contribution in [2.75, 3.05) is 7.11 Å². The van der Waals surface area contributed by atoms with Gasteiger partial charge >= 0.3 is 0 Å². The standard InChI is InChI=1S/C12H13NO/c1-13-9-10(7-8-14-2)11-5-3-4-6-12(11)13/h3-9H,1-2H3/b8-7+. The van der Waals surface area contributed by atoms with Crippen LogP contribution in [0.3, 0.4) is 0 Å². The van der Waals surface area contributed by atoms with Crippen LogP contribution in [-0.2, 0) is 11.8 Å². The van der Waals surface area contributed by atoms with Crippen molar-refractivity contribution < 1.29 is 4.74 Å². The number of rotatable bonds is 2. The van der Waals surface area contributed by atoms with Gasteiger partial charge in [0, 0.05) is 29.7 Å². The van der Waals surface area contributed by atoms with Crippen LogP contribution in [0.25, 0.3) is 17.0 Å². The molecule has 0 saturated heterocycles. The van der Waals surface area contributed by atoms with E-state index in [1.165, 1.54) is 16.5 Å². The zero-order chi connectivity index (χ0) is 9.97. The maximum Gasteiger partial charge on any atom is 0.0831 e. The quantitative estimate of drug-likeness (QED) is 0.659. The van der Waals surface area contributed by atoms with E-state index in [9.17, 15) is 0 Å². The highest BCUT2D eigenvalue weighted by Crippen LogP contribution is 2.21. The minimum Gasteiger partial charge on any atom is -0.504 e. The van der Waals surface area contributed by atoms with Gasteiger partial charge in [0.05, 0.1) is 13.4 Å². The van der Waals surface area contributed by atoms with Gasteiger partial charge in [0.1, 0.15) is 0 Å². The average Bonchev–Trinajstić information content (AvgIpc) is 2.54. The lowest BCUT2D eigenvalue weighted by atomic mass is 10.2. The number of ether oxygens (including phenoxy) is 1. The van der Waals surface area contributed by atoms with Gasteiger partial charge in [0.25, 0.3) is 0 Å². The molecule has 0 amide bonds. The average molecular weight is 187 g/mol. The van der Waals surface area contributed by atoms with Gasteiger partial charge in [-0.25, -0.2) is 0 Å². The van der Waals surface area contributed by atoms with Crippen LogP contribution in [0.1, 0.15) is 5.56 Å². The van der Waals surface area contributed by atoms with Crippen molar-refractivity contribution in [1.82, 2.24) is 4.57 Å². The Hall–Kier alpha value is -1.70. The predicted octanol–water partition coefficient (Wildman–Crippen LogP) is 2.80. The normalized spacial score (nSPS) is 11.3. The number of aryl methyl sites for hydroxylation is 1. The summed E-state index contributed by atoms with van der Waals surface area (Å²) in [6.07, 6.45) is 5.77. The Morgan fingerprint density at radius 2 is 2.07 bits per heavy atom. The van der Waals surface area contributed by atoms with Crippen molar-refractivity contribution in [1.29, 1.82) is 0 Å². The Bertz CT molecular complexity index is 468. The third-order valence-electron chi connectivity index (χ3n) is 2.31. The molecule has 14 heavy (non-hydrogen) atoms. The molecule has 2 aromatic rings. The van der Waals surface area contributed by atoms with E-state index in [1.807, 2.05) is 25.3 Å². The van der Waals surface area contributed by atoms with Gasteiger partial charge in [-0.3, -0.25) is 0 Å². The Balaban J connectivity index is 2.61. The second-order valence-corrected chi connectivity index (χ2v) is 3.25. The maximum atomic E-state index is 4.91. The zero-order valence-electron chi connectivity index (χ0n) is 8.40. The van der Waals surface area contributed by atoms with E-state index in [-0.39, 0.29) is 0 Å². The number of hydrogen-bond acceptors (Lipinski definition) is 1. The van der Waals surface area contributed by atoms with Crippen LogP contribution in [-0.4, -0.2) is 11.7 Å². The van der Waals surface area contributed by atoms with E-state index in [2.05, 4.69) is 22.9 Å². The number of fused-ring (bicyclic) bond motifs is 1. The molecular weight excluding hydrogens is 174 g/mol. The molecule has 0 aliphatic heterocycles. The largest absolute Gasteiger partial charge is 0.504 e. The number of para-hydroxylation sites is 1. The second kappa shape index (κ2) is 3.58. The molecule has 0 atom stereocenters. The molecule has 2 nitrogen and oxygen atoms in total. The van der Waals surface area contributed by atoms with E-state index in [4.69, 9.17) is 4.74 Å². The third kappa shape index (κ3) is 1.39. The second-order valence-electron chi connectivity index (χ2n) is 3.25. The van der Waals surface area contributed by atoms with E-state index >= 15 is 0 Å². The fourth-order valence-electron chi connectivity index (χ4n) is 1.65. The first-order chi connectivity index (χ1) is 6.83. The van der Waals surface area contributed by atoms with Gasteiger partial charge in [0.15, 0.2) is 0 Å². The highest BCUT2D eigenvalue weighted by atomic mass is 16.5. The molecule has 0 aliphatic carbocycles. The molecule has 0 unspecified atom stereocenters. The van der Waals surface area contributed by atoms with E-state index < -0.39 is 0 Å². The molecule has 0 spiro atoms. The van der Waals surface area contributed by atoms with Crippen LogP contribution in [0.2, 0.25) is 0 Å². The molecule has 0 N–H and O–H groups in total. The van der Waals surface area contributed by atoms with Crippen molar-refractivity contribution >= 4 is 17.0 Å². The van der Waals surface area contributed by atoms with Crippen molar-refractivity contribution in [2.24, 2.45) is 7.05 Å². The number of nitrogens with zero attached hydrogens (tertiary/aromatic N) is 1. The predicted molar refractivity (Wildman–Crippen MR) is 59.0 cm³/mol. The molecule has 2 rings (SSSR count). The number of aromatic nitrogens is 1. The summed E-state index contributed by atoms with van der Waals surface area (Å²) in [5.41, 5.74) is 2.42. The third-order valence-corrected chi connectivity index (χ3v) is 2.31. The Morgan fingerprint density at radius 1 is 1.29 bits per heavy atom. The minimum absolute atomic E-state index is 1.19. The van der Waals surface area contributed by atoms with Gasteiger partial charge in [-0.05, 0) is 12.1 Å². The van der Waals surface area contributed by atoms with Crippen LogP contribution < -0.4 is 0 Å². The number of benzene rings is 1. The van der Waals surface area contributed by atoms with Crippen molar-refractivity contribution in [2.45, 2.75) is 0 Å². The highest BCUT2D eigenvalue weighted by Gasteiger charge is 2.01. The van der Waals surface area contributed by atoms with E-state index in [1.54, 1.807) is 13.4 Å². The molecular formula is C12H13NO. The van der Waals surface area contributed by atoms with Crippen molar-refractivity contribution in [3.8, 4) is 0 Å². The van der Waals surface area contributed by atoms with Gasteiger partial charge in [-0.15, -0.1) is 0 Å². The summed E-state index contributed by atoms with van der Waals surface area (Å²) in [6.45, 7) is 0. The van der Waals surface area contributed by atoms with Crippen LogP contribution >= 0.6 is 0 Å². The SMILES string of the molecule is CO/C=C/c1cn(C)c2ccccc12. The minimum atomic E-state index is 1.19. The molecule has 1 aromatic carbocycles. The fraction of sp³-hybridized carbons (Fsp3) is 0.167. The summed E-state index contributed by atoms with van der Waals surface area (Å²) in [7, 11) is 3.70. The first kappa shape index (κ1) is 8.88. The summed E-state index contributed by atoms with van der Waals surface area (Å²) in [5.74, 6) is 0. The van der Waals surface area contributed by atoms with Crippen LogP contribution in [0, 0.1) is 0 Å². The van der Waals surface area contributed by atoms with E-state index in [0.717, 1.165) is 0 Å². The lowest BCUT2D eigenvalue weighted by Gasteiger charge is -1.92. The van der Waals surface area contributed by atoms with E-state index in [0.29, 0.717) is 0 Å². The summed E-state index contributed by atoms with van der Waals surface area (Å²) in [5, 5.41) is 1.25. The molecule has 0 radical (unpaired) electrons.